The van der Waals surface area contributed by atoms with E-state index >= 15 is 0 Å². The molecule has 1 unspecified atom stereocenters. The van der Waals surface area contributed by atoms with Gasteiger partial charge in [-0.3, -0.25) is 9.52 Å². The second-order valence-electron chi connectivity index (χ2n) is 4.33. The molecule has 0 saturated carbocycles. The van der Waals surface area contributed by atoms with E-state index in [1.54, 1.807) is 0 Å². The number of carbonyl (C=O) groups excluding carboxylic acids is 1. The quantitative estimate of drug-likeness (QED) is 0.724. The number of carbonyl (C=O) groups is 1. The minimum atomic E-state index is -4.00. The molecule has 1 aromatic rings. The van der Waals surface area contributed by atoms with Crippen LogP contribution < -0.4 is 9.86 Å². The van der Waals surface area contributed by atoms with Crippen LogP contribution in [0.3, 0.4) is 0 Å². The predicted molar refractivity (Wildman–Crippen MR) is 76.6 cm³/mol. The lowest BCUT2D eigenvalue weighted by Crippen LogP contribution is -2.33. The van der Waals surface area contributed by atoms with Crippen LogP contribution in [0.5, 0.6) is 0 Å². The Bertz CT molecular complexity index is 755. The van der Waals surface area contributed by atoms with E-state index in [0.29, 0.717) is 5.56 Å². The summed E-state index contributed by atoms with van der Waals surface area (Å²) in [5.41, 5.74) is 0.500. The standard InChI is InChI=1S/C11H16N2O6S2/c1-7-6-9(20(12,15)16)4-5-10(7)13-21(17,18)8(2)11(14)19-3/h4-6,8,13H,1-3H3,(H2,12,15,16). The van der Waals surface area contributed by atoms with E-state index in [4.69, 9.17) is 5.14 Å². The third-order valence-electron chi connectivity index (χ3n) is 2.78. The Kier molecular flexibility index (Phi) is 4.97. The minimum absolute atomic E-state index is 0.135. The minimum Gasteiger partial charge on any atom is -0.468 e. The normalized spacial score (nSPS) is 13.5. The number of hydrogen-bond donors (Lipinski definition) is 2. The number of primary sulfonamides is 1. The van der Waals surface area contributed by atoms with Crippen molar-refractivity contribution in [3.8, 4) is 0 Å². The van der Waals surface area contributed by atoms with Crippen molar-refractivity contribution in [2.75, 3.05) is 11.8 Å². The van der Waals surface area contributed by atoms with Crippen molar-refractivity contribution in [1.29, 1.82) is 0 Å². The summed E-state index contributed by atoms with van der Waals surface area (Å²) in [6.07, 6.45) is 0. The van der Waals surface area contributed by atoms with Crippen LogP contribution in [-0.4, -0.2) is 35.2 Å². The number of nitrogens with two attached hydrogens (primary N) is 1. The number of nitrogens with one attached hydrogen (secondary N) is 1. The van der Waals surface area contributed by atoms with Crippen molar-refractivity contribution in [3.05, 3.63) is 23.8 Å². The highest BCUT2D eigenvalue weighted by Crippen LogP contribution is 2.21. The molecule has 0 aliphatic rings. The van der Waals surface area contributed by atoms with Crippen molar-refractivity contribution in [2.24, 2.45) is 5.14 Å². The molecule has 0 fully saturated rings. The highest BCUT2D eigenvalue weighted by atomic mass is 32.2. The number of rotatable bonds is 5. The summed E-state index contributed by atoms with van der Waals surface area (Å²) in [7, 11) is -6.79. The molecule has 0 aliphatic heterocycles. The predicted octanol–water partition coefficient (Wildman–Crippen LogP) is -0.0544. The number of sulfonamides is 2. The van der Waals surface area contributed by atoms with Crippen molar-refractivity contribution >= 4 is 31.7 Å². The summed E-state index contributed by atoms with van der Waals surface area (Å²) in [5.74, 6) is -0.902. The average Bonchev–Trinajstić information content (AvgIpc) is 2.37. The van der Waals surface area contributed by atoms with Gasteiger partial charge in [-0.2, -0.15) is 0 Å². The molecule has 8 nitrogen and oxygen atoms in total. The molecule has 0 aromatic heterocycles. The van der Waals surface area contributed by atoms with E-state index in [9.17, 15) is 21.6 Å². The zero-order valence-electron chi connectivity index (χ0n) is 11.7. The fourth-order valence-corrected chi connectivity index (χ4v) is 3.12. The smallest absolute Gasteiger partial charge is 0.325 e. The summed E-state index contributed by atoms with van der Waals surface area (Å²) in [5, 5.41) is 3.58. The molecule has 1 aromatic carbocycles. The third kappa shape index (κ3) is 4.16. The Morgan fingerprint density at radius 2 is 1.86 bits per heavy atom. The molecule has 0 amide bonds. The van der Waals surface area contributed by atoms with Crippen molar-refractivity contribution in [2.45, 2.75) is 24.0 Å². The topological polar surface area (TPSA) is 133 Å². The molecule has 0 saturated heterocycles. The lowest BCUT2D eigenvalue weighted by Gasteiger charge is -2.15. The number of benzene rings is 1. The molecule has 10 heteroatoms. The van der Waals surface area contributed by atoms with Gasteiger partial charge in [-0.05, 0) is 37.6 Å². The molecule has 1 rings (SSSR count). The third-order valence-corrected chi connectivity index (χ3v) is 5.32. The molecule has 0 heterocycles. The van der Waals surface area contributed by atoms with Gasteiger partial charge in [-0.1, -0.05) is 0 Å². The molecular weight excluding hydrogens is 320 g/mol. The Morgan fingerprint density at radius 1 is 1.29 bits per heavy atom. The lowest BCUT2D eigenvalue weighted by molar-refractivity contribution is -0.139. The lowest BCUT2D eigenvalue weighted by atomic mass is 10.2. The van der Waals surface area contributed by atoms with E-state index in [1.807, 2.05) is 0 Å². The second-order valence-corrected chi connectivity index (χ2v) is 7.90. The van der Waals surface area contributed by atoms with Crippen molar-refractivity contribution in [1.82, 2.24) is 0 Å². The summed E-state index contributed by atoms with van der Waals surface area (Å²) < 4.78 is 52.9. The first-order chi connectivity index (χ1) is 9.49. The summed E-state index contributed by atoms with van der Waals surface area (Å²) in [6, 6.07) is 3.66. The Hall–Kier alpha value is -1.65. The summed E-state index contributed by atoms with van der Waals surface area (Å²) in [4.78, 5) is 11.1. The Labute approximate surface area is 123 Å². The largest absolute Gasteiger partial charge is 0.468 e. The molecule has 0 radical (unpaired) electrons. The second kappa shape index (κ2) is 6.00. The number of ether oxygens (including phenoxy) is 1. The van der Waals surface area contributed by atoms with Gasteiger partial charge in [0.1, 0.15) is 0 Å². The van der Waals surface area contributed by atoms with E-state index in [0.717, 1.165) is 7.11 Å². The van der Waals surface area contributed by atoms with Crippen LogP contribution in [0.1, 0.15) is 12.5 Å². The van der Waals surface area contributed by atoms with Crippen LogP contribution in [0.2, 0.25) is 0 Å². The summed E-state index contributed by atoms with van der Waals surface area (Å²) in [6.45, 7) is 2.69. The number of hydrogen-bond acceptors (Lipinski definition) is 6. The number of anilines is 1. The molecular formula is C11H16N2O6S2. The van der Waals surface area contributed by atoms with Gasteiger partial charge in [0.2, 0.25) is 20.0 Å². The zero-order valence-corrected chi connectivity index (χ0v) is 13.3. The van der Waals surface area contributed by atoms with E-state index in [2.05, 4.69) is 9.46 Å². The van der Waals surface area contributed by atoms with Crippen molar-refractivity contribution < 1.29 is 26.4 Å². The van der Waals surface area contributed by atoms with Crippen LogP contribution in [0.15, 0.2) is 23.1 Å². The van der Waals surface area contributed by atoms with Crippen LogP contribution in [0, 0.1) is 6.92 Å². The fourth-order valence-electron chi connectivity index (χ4n) is 1.46. The highest BCUT2D eigenvalue weighted by molar-refractivity contribution is 7.94. The highest BCUT2D eigenvalue weighted by Gasteiger charge is 2.29. The van der Waals surface area contributed by atoms with E-state index in [-0.39, 0.29) is 10.6 Å². The zero-order chi connectivity index (χ0) is 16.4. The van der Waals surface area contributed by atoms with Crippen LogP contribution in [0.25, 0.3) is 0 Å². The molecule has 0 bridgehead atoms. The number of esters is 1. The maximum absolute atomic E-state index is 12.0. The van der Waals surface area contributed by atoms with Crippen LogP contribution in [0.4, 0.5) is 5.69 Å². The Morgan fingerprint density at radius 3 is 2.29 bits per heavy atom. The fraction of sp³-hybridized carbons (Fsp3) is 0.364. The van der Waals surface area contributed by atoms with Crippen LogP contribution >= 0.6 is 0 Å². The molecule has 3 N–H and O–H groups in total. The van der Waals surface area contributed by atoms with E-state index in [1.165, 1.54) is 32.0 Å². The molecule has 0 spiro atoms. The van der Waals surface area contributed by atoms with Gasteiger partial charge in [0.25, 0.3) is 0 Å². The van der Waals surface area contributed by atoms with Gasteiger partial charge in [0.15, 0.2) is 5.25 Å². The summed E-state index contributed by atoms with van der Waals surface area (Å²) >= 11 is 0. The number of methoxy groups -OCH3 is 1. The van der Waals surface area contributed by atoms with Gasteiger partial charge in [0, 0.05) is 0 Å². The number of aryl methyl sites for hydroxylation is 1. The van der Waals surface area contributed by atoms with Gasteiger partial charge in [0.05, 0.1) is 17.7 Å². The van der Waals surface area contributed by atoms with Crippen LogP contribution in [-0.2, 0) is 29.6 Å². The van der Waals surface area contributed by atoms with Gasteiger partial charge in [-0.25, -0.2) is 22.0 Å². The van der Waals surface area contributed by atoms with Gasteiger partial charge in [-0.15, -0.1) is 0 Å². The maximum atomic E-state index is 12.0. The molecule has 21 heavy (non-hydrogen) atoms. The first-order valence-electron chi connectivity index (χ1n) is 5.72. The molecule has 0 aliphatic carbocycles. The Balaban J connectivity index is 3.12. The molecule has 118 valence electrons. The molecule has 1 atom stereocenters. The van der Waals surface area contributed by atoms with Gasteiger partial charge >= 0.3 is 5.97 Å². The average molecular weight is 336 g/mol. The first kappa shape index (κ1) is 17.4. The SMILES string of the molecule is COC(=O)C(C)S(=O)(=O)Nc1ccc(S(N)(=O)=O)cc1C. The maximum Gasteiger partial charge on any atom is 0.325 e. The van der Waals surface area contributed by atoms with E-state index < -0.39 is 31.3 Å². The monoisotopic (exact) mass is 336 g/mol. The van der Waals surface area contributed by atoms with Crippen molar-refractivity contribution in [3.63, 3.8) is 0 Å². The first-order valence-corrected chi connectivity index (χ1v) is 8.81. The van der Waals surface area contributed by atoms with Gasteiger partial charge < -0.3 is 4.74 Å².